The van der Waals surface area contributed by atoms with E-state index in [2.05, 4.69) is 4.98 Å². The molecule has 0 aliphatic heterocycles. The van der Waals surface area contributed by atoms with E-state index < -0.39 is 0 Å². The molecule has 0 bridgehead atoms. The number of aryl methyl sites for hydroxylation is 2. The van der Waals surface area contributed by atoms with Crippen molar-refractivity contribution >= 4 is 0 Å². The van der Waals surface area contributed by atoms with Crippen LogP contribution in [-0.4, -0.2) is 17.7 Å². The van der Waals surface area contributed by atoms with Gasteiger partial charge >= 0.3 is 0 Å². The number of aromatic nitrogens is 1. The molecule has 0 aliphatic rings. The van der Waals surface area contributed by atoms with Crippen molar-refractivity contribution in [1.82, 2.24) is 4.98 Å². The van der Waals surface area contributed by atoms with E-state index in [0.717, 1.165) is 17.0 Å². The van der Waals surface area contributed by atoms with Gasteiger partial charge in [-0.15, -0.1) is 0 Å². The predicted octanol–water partition coefficient (Wildman–Crippen LogP) is 2.12. The number of pyridine rings is 1. The second kappa shape index (κ2) is 5.24. The van der Waals surface area contributed by atoms with E-state index in [1.807, 2.05) is 39.8 Å². The standard InChI is InChI=1S/C12H20N2O/c1-8(2)15-7-12(13)11-5-9(3)14-10(4)6-11/h5-6,8,12H,7,13H2,1-4H3. The van der Waals surface area contributed by atoms with E-state index >= 15 is 0 Å². The van der Waals surface area contributed by atoms with Crippen LogP contribution in [0.1, 0.15) is 36.8 Å². The summed E-state index contributed by atoms with van der Waals surface area (Å²) in [4.78, 5) is 4.32. The van der Waals surface area contributed by atoms with Crippen LogP contribution in [0.15, 0.2) is 12.1 Å². The molecule has 1 aromatic heterocycles. The monoisotopic (exact) mass is 208 g/mol. The van der Waals surface area contributed by atoms with Crippen LogP contribution in [0.2, 0.25) is 0 Å². The maximum atomic E-state index is 6.03. The Morgan fingerprint density at radius 3 is 2.27 bits per heavy atom. The lowest BCUT2D eigenvalue weighted by atomic mass is 10.1. The highest BCUT2D eigenvalue weighted by molar-refractivity contribution is 5.23. The normalized spacial score (nSPS) is 13.2. The average molecular weight is 208 g/mol. The largest absolute Gasteiger partial charge is 0.377 e. The SMILES string of the molecule is Cc1cc(C(N)COC(C)C)cc(C)n1. The number of hydrogen-bond acceptors (Lipinski definition) is 3. The smallest absolute Gasteiger partial charge is 0.0662 e. The first-order valence-electron chi connectivity index (χ1n) is 5.31. The van der Waals surface area contributed by atoms with E-state index in [1.165, 1.54) is 0 Å². The van der Waals surface area contributed by atoms with Gasteiger partial charge in [0.05, 0.1) is 18.8 Å². The van der Waals surface area contributed by atoms with Crippen molar-refractivity contribution in [1.29, 1.82) is 0 Å². The third-order valence-corrected chi connectivity index (χ3v) is 2.14. The van der Waals surface area contributed by atoms with E-state index in [4.69, 9.17) is 10.5 Å². The number of nitrogens with two attached hydrogens (primary N) is 1. The first kappa shape index (κ1) is 12.1. The van der Waals surface area contributed by atoms with Gasteiger partial charge in [-0.25, -0.2) is 0 Å². The molecule has 0 aliphatic carbocycles. The van der Waals surface area contributed by atoms with Crippen molar-refractivity contribution in [2.45, 2.75) is 39.8 Å². The van der Waals surface area contributed by atoms with Crippen molar-refractivity contribution in [3.63, 3.8) is 0 Å². The molecule has 0 fully saturated rings. The summed E-state index contributed by atoms with van der Waals surface area (Å²) in [7, 11) is 0. The fourth-order valence-electron chi connectivity index (χ4n) is 1.47. The second-order valence-corrected chi connectivity index (χ2v) is 4.17. The molecule has 1 rings (SSSR count). The molecule has 3 nitrogen and oxygen atoms in total. The van der Waals surface area contributed by atoms with Crippen LogP contribution in [-0.2, 0) is 4.74 Å². The molecule has 0 saturated carbocycles. The average Bonchev–Trinajstić information content (AvgIpc) is 2.12. The molecule has 15 heavy (non-hydrogen) atoms. The lowest BCUT2D eigenvalue weighted by Crippen LogP contribution is -2.20. The lowest BCUT2D eigenvalue weighted by Gasteiger charge is -2.15. The number of ether oxygens (including phenoxy) is 1. The van der Waals surface area contributed by atoms with Gasteiger partial charge in [0.2, 0.25) is 0 Å². The Balaban J connectivity index is 2.68. The third-order valence-electron chi connectivity index (χ3n) is 2.14. The van der Waals surface area contributed by atoms with Crippen molar-refractivity contribution in [3.05, 3.63) is 29.1 Å². The lowest BCUT2D eigenvalue weighted by molar-refractivity contribution is 0.0683. The van der Waals surface area contributed by atoms with Crippen LogP contribution >= 0.6 is 0 Å². The highest BCUT2D eigenvalue weighted by Gasteiger charge is 2.08. The Morgan fingerprint density at radius 1 is 1.27 bits per heavy atom. The minimum Gasteiger partial charge on any atom is -0.377 e. The molecular formula is C12H20N2O. The first-order chi connectivity index (χ1) is 6.99. The maximum absolute atomic E-state index is 6.03. The summed E-state index contributed by atoms with van der Waals surface area (Å²) in [6.07, 6.45) is 0.222. The Morgan fingerprint density at radius 2 is 1.80 bits per heavy atom. The van der Waals surface area contributed by atoms with Gasteiger partial charge in [0.15, 0.2) is 0 Å². The van der Waals surface area contributed by atoms with Crippen molar-refractivity contribution < 1.29 is 4.74 Å². The predicted molar refractivity (Wildman–Crippen MR) is 61.7 cm³/mol. The summed E-state index contributed by atoms with van der Waals surface area (Å²) in [6.45, 7) is 8.53. The Hall–Kier alpha value is -0.930. The van der Waals surface area contributed by atoms with Crippen LogP contribution in [0.5, 0.6) is 0 Å². The minimum atomic E-state index is -0.0622. The van der Waals surface area contributed by atoms with Crippen LogP contribution < -0.4 is 5.73 Å². The zero-order valence-electron chi connectivity index (χ0n) is 9.95. The third kappa shape index (κ3) is 3.98. The summed E-state index contributed by atoms with van der Waals surface area (Å²) in [5.74, 6) is 0. The van der Waals surface area contributed by atoms with Gasteiger partial charge < -0.3 is 10.5 Å². The van der Waals surface area contributed by atoms with Crippen LogP contribution in [0, 0.1) is 13.8 Å². The fraction of sp³-hybridized carbons (Fsp3) is 0.583. The highest BCUT2D eigenvalue weighted by Crippen LogP contribution is 2.13. The van der Waals surface area contributed by atoms with E-state index in [9.17, 15) is 0 Å². The van der Waals surface area contributed by atoms with Crippen LogP contribution in [0.25, 0.3) is 0 Å². The quantitative estimate of drug-likeness (QED) is 0.824. The number of rotatable bonds is 4. The van der Waals surface area contributed by atoms with Crippen molar-refractivity contribution in [3.8, 4) is 0 Å². The maximum Gasteiger partial charge on any atom is 0.0662 e. The molecule has 1 heterocycles. The Bertz CT molecular complexity index is 303. The topological polar surface area (TPSA) is 48.1 Å². The molecule has 0 spiro atoms. The fourth-order valence-corrected chi connectivity index (χ4v) is 1.47. The zero-order chi connectivity index (χ0) is 11.4. The second-order valence-electron chi connectivity index (χ2n) is 4.17. The van der Waals surface area contributed by atoms with Gasteiger partial charge in [-0.3, -0.25) is 4.98 Å². The molecule has 1 atom stereocenters. The molecule has 1 unspecified atom stereocenters. The van der Waals surface area contributed by atoms with E-state index in [0.29, 0.717) is 6.61 Å². The van der Waals surface area contributed by atoms with Crippen molar-refractivity contribution in [2.24, 2.45) is 5.73 Å². The summed E-state index contributed by atoms with van der Waals surface area (Å²) < 4.78 is 5.49. The molecular weight excluding hydrogens is 188 g/mol. The summed E-state index contributed by atoms with van der Waals surface area (Å²) in [5, 5.41) is 0. The molecule has 0 saturated heterocycles. The van der Waals surface area contributed by atoms with Crippen LogP contribution in [0.4, 0.5) is 0 Å². The van der Waals surface area contributed by atoms with Gasteiger partial charge in [0, 0.05) is 11.4 Å². The van der Waals surface area contributed by atoms with Gasteiger partial charge in [0.25, 0.3) is 0 Å². The molecule has 0 radical (unpaired) electrons. The highest BCUT2D eigenvalue weighted by atomic mass is 16.5. The summed E-state index contributed by atoms with van der Waals surface area (Å²) >= 11 is 0. The van der Waals surface area contributed by atoms with Crippen LogP contribution in [0.3, 0.4) is 0 Å². The number of nitrogens with zero attached hydrogens (tertiary/aromatic N) is 1. The molecule has 84 valence electrons. The Kier molecular flexibility index (Phi) is 4.24. The zero-order valence-corrected chi connectivity index (χ0v) is 9.95. The molecule has 0 aromatic carbocycles. The van der Waals surface area contributed by atoms with Gasteiger partial charge in [-0.05, 0) is 45.4 Å². The summed E-state index contributed by atoms with van der Waals surface area (Å²) in [6, 6.07) is 3.97. The molecule has 1 aromatic rings. The Labute approximate surface area is 91.7 Å². The van der Waals surface area contributed by atoms with Gasteiger partial charge in [-0.2, -0.15) is 0 Å². The molecule has 2 N–H and O–H groups in total. The van der Waals surface area contributed by atoms with Gasteiger partial charge in [0.1, 0.15) is 0 Å². The van der Waals surface area contributed by atoms with Crippen molar-refractivity contribution in [2.75, 3.05) is 6.61 Å². The number of hydrogen-bond donors (Lipinski definition) is 1. The van der Waals surface area contributed by atoms with Gasteiger partial charge in [-0.1, -0.05) is 0 Å². The minimum absolute atomic E-state index is 0.0622. The van der Waals surface area contributed by atoms with E-state index in [1.54, 1.807) is 0 Å². The molecule has 0 amide bonds. The summed E-state index contributed by atoms with van der Waals surface area (Å²) in [5.41, 5.74) is 9.14. The first-order valence-corrected chi connectivity index (χ1v) is 5.31. The van der Waals surface area contributed by atoms with E-state index in [-0.39, 0.29) is 12.1 Å². The molecule has 3 heteroatoms.